The highest BCUT2D eigenvalue weighted by Gasteiger charge is 2.81. The third-order valence-corrected chi connectivity index (χ3v) is 8.68. The van der Waals surface area contributed by atoms with Crippen molar-refractivity contribution < 1.29 is 14.4 Å². The molecule has 0 aromatic heterocycles. The summed E-state index contributed by atoms with van der Waals surface area (Å²) in [6.07, 6.45) is 1.63. The monoisotopic (exact) mass is 463 g/mol. The molecule has 4 atom stereocenters. The van der Waals surface area contributed by atoms with Crippen LogP contribution in [0.5, 0.6) is 0 Å². The zero-order valence-electron chi connectivity index (χ0n) is 19.4. The Morgan fingerprint density at radius 1 is 0.886 bits per heavy atom. The van der Waals surface area contributed by atoms with E-state index in [0.717, 1.165) is 35.2 Å². The Balaban J connectivity index is 1.61. The van der Waals surface area contributed by atoms with E-state index in [0.29, 0.717) is 17.8 Å². The molecule has 2 spiro atoms. The summed E-state index contributed by atoms with van der Waals surface area (Å²) in [5, 5.41) is 6.22. The molecule has 3 aromatic rings. The number of nitrogens with one attached hydrogen (secondary N) is 2. The molecule has 2 N–H and O–H groups in total. The summed E-state index contributed by atoms with van der Waals surface area (Å²) in [4.78, 5) is 45.3. The van der Waals surface area contributed by atoms with Crippen LogP contribution >= 0.6 is 0 Å². The molecule has 2 fully saturated rings. The lowest BCUT2D eigenvalue weighted by atomic mass is 9.57. The Morgan fingerprint density at radius 2 is 1.63 bits per heavy atom. The lowest BCUT2D eigenvalue weighted by Gasteiger charge is -2.43. The van der Waals surface area contributed by atoms with Crippen molar-refractivity contribution in [2.24, 2.45) is 5.92 Å². The second-order valence-corrected chi connectivity index (χ2v) is 10.1. The fourth-order valence-corrected chi connectivity index (χ4v) is 7.53. The Hall–Kier alpha value is -3.77. The van der Waals surface area contributed by atoms with Gasteiger partial charge in [-0.1, -0.05) is 66.7 Å². The molecule has 0 bridgehead atoms. The summed E-state index contributed by atoms with van der Waals surface area (Å²) < 4.78 is 0. The first-order chi connectivity index (χ1) is 17.0. The van der Waals surface area contributed by atoms with Crippen molar-refractivity contribution in [3.05, 3.63) is 95.1 Å². The summed E-state index contributed by atoms with van der Waals surface area (Å²) in [7, 11) is 0. The predicted octanol–water partition coefficient (Wildman–Crippen LogP) is 4.01. The van der Waals surface area contributed by atoms with Crippen LogP contribution in [0.3, 0.4) is 0 Å². The standard InChI is InChI=1S/C29H25N3O3/c1-17-9-7-13-20-24(17)31-27(35)29(20)28(19-12-5-6-14-21(19)30-26(28)34)23(22-15-8-16-32(22)29)25(33)18-10-3-2-4-11-18/h2-7,9-14,22-23H,8,15-16H2,1H3,(H,30,34)(H,31,35)/t22-,23+,28+,29+/m1/s1. The maximum absolute atomic E-state index is 14.4. The van der Waals surface area contributed by atoms with Gasteiger partial charge in [-0.05, 0) is 43.5 Å². The molecule has 174 valence electrons. The Labute approximate surface area is 203 Å². The van der Waals surface area contributed by atoms with Gasteiger partial charge >= 0.3 is 0 Å². The van der Waals surface area contributed by atoms with Gasteiger partial charge in [-0.2, -0.15) is 0 Å². The van der Waals surface area contributed by atoms with Gasteiger partial charge in [-0.3, -0.25) is 19.3 Å². The van der Waals surface area contributed by atoms with E-state index in [1.54, 1.807) is 0 Å². The van der Waals surface area contributed by atoms with Crippen molar-refractivity contribution in [2.45, 2.75) is 36.8 Å². The fourth-order valence-electron chi connectivity index (χ4n) is 7.53. The van der Waals surface area contributed by atoms with E-state index >= 15 is 0 Å². The van der Waals surface area contributed by atoms with Crippen molar-refractivity contribution >= 4 is 29.0 Å². The second-order valence-electron chi connectivity index (χ2n) is 10.1. The number of carbonyl (C=O) groups excluding carboxylic acids is 3. The fraction of sp³-hybridized carbons (Fsp3) is 0.276. The van der Waals surface area contributed by atoms with Crippen molar-refractivity contribution in [1.29, 1.82) is 0 Å². The molecule has 4 heterocycles. The molecule has 6 heteroatoms. The third-order valence-electron chi connectivity index (χ3n) is 8.68. The van der Waals surface area contributed by atoms with Crippen LogP contribution in [-0.4, -0.2) is 35.1 Å². The van der Waals surface area contributed by atoms with E-state index in [4.69, 9.17) is 0 Å². The summed E-state index contributed by atoms with van der Waals surface area (Å²) in [5.74, 6) is -1.27. The summed E-state index contributed by atoms with van der Waals surface area (Å²) in [6, 6.07) is 22.4. The second kappa shape index (κ2) is 6.89. The first kappa shape index (κ1) is 20.6. The molecule has 35 heavy (non-hydrogen) atoms. The van der Waals surface area contributed by atoms with E-state index in [2.05, 4.69) is 15.5 Å². The lowest BCUT2D eigenvalue weighted by Crippen LogP contribution is -2.62. The first-order valence-corrected chi connectivity index (χ1v) is 12.2. The Bertz CT molecular complexity index is 1430. The molecule has 0 aliphatic carbocycles. The summed E-state index contributed by atoms with van der Waals surface area (Å²) >= 11 is 0. The number of anilines is 2. The number of rotatable bonds is 2. The van der Waals surface area contributed by atoms with Crippen molar-refractivity contribution in [2.75, 3.05) is 17.2 Å². The number of fused-ring (bicyclic) bond motifs is 7. The molecule has 3 aromatic carbocycles. The number of para-hydroxylation sites is 2. The average Bonchev–Trinajstić information content (AvgIpc) is 3.59. The molecule has 4 aliphatic heterocycles. The van der Waals surface area contributed by atoms with Crippen molar-refractivity contribution in [3.8, 4) is 0 Å². The SMILES string of the molecule is Cc1cccc2c1NC(=O)[C@@]21N2CCC[C@@H]2[C@@H](C(=O)c2ccccc2)[C@@]12C(=O)Nc1ccccc12. The van der Waals surface area contributed by atoms with Gasteiger partial charge < -0.3 is 10.6 Å². The number of hydrogen-bond donors (Lipinski definition) is 2. The first-order valence-electron chi connectivity index (χ1n) is 12.2. The number of nitrogens with zero attached hydrogens (tertiary/aromatic N) is 1. The zero-order valence-corrected chi connectivity index (χ0v) is 19.4. The molecule has 2 amide bonds. The van der Waals surface area contributed by atoms with Crippen LogP contribution in [0.1, 0.15) is 39.9 Å². The number of carbonyl (C=O) groups is 3. The topological polar surface area (TPSA) is 78.5 Å². The van der Waals surface area contributed by atoms with E-state index in [9.17, 15) is 14.4 Å². The van der Waals surface area contributed by atoms with Crippen LogP contribution in [0.4, 0.5) is 11.4 Å². The lowest BCUT2D eigenvalue weighted by molar-refractivity contribution is -0.137. The van der Waals surface area contributed by atoms with E-state index in [1.165, 1.54) is 0 Å². The van der Waals surface area contributed by atoms with Crippen LogP contribution in [-0.2, 0) is 20.5 Å². The Kier molecular flexibility index (Phi) is 4.05. The van der Waals surface area contributed by atoms with Crippen LogP contribution in [0.25, 0.3) is 0 Å². The highest BCUT2D eigenvalue weighted by atomic mass is 16.2. The molecular weight excluding hydrogens is 438 g/mol. The largest absolute Gasteiger partial charge is 0.325 e. The normalized spacial score (nSPS) is 30.3. The van der Waals surface area contributed by atoms with E-state index in [1.807, 2.05) is 79.7 Å². The molecular formula is C29H25N3O3. The van der Waals surface area contributed by atoms with E-state index in [-0.39, 0.29) is 23.6 Å². The van der Waals surface area contributed by atoms with Crippen LogP contribution in [0, 0.1) is 12.8 Å². The average molecular weight is 464 g/mol. The maximum atomic E-state index is 14.4. The van der Waals surface area contributed by atoms with Gasteiger partial charge in [-0.15, -0.1) is 0 Å². The van der Waals surface area contributed by atoms with Gasteiger partial charge in [0.1, 0.15) is 11.0 Å². The number of amides is 2. The minimum absolute atomic E-state index is 0.0832. The number of benzene rings is 3. The minimum atomic E-state index is -1.38. The van der Waals surface area contributed by atoms with Crippen LogP contribution < -0.4 is 10.6 Å². The van der Waals surface area contributed by atoms with Gasteiger partial charge in [0.05, 0.1) is 5.92 Å². The maximum Gasteiger partial charge on any atom is 0.251 e. The van der Waals surface area contributed by atoms with Crippen LogP contribution in [0.15, 0.2) is 72.8 Å². The quantitative estimate of drug-likeness (QED) is 0.563. The van der Waals surface area contributed by atoms with Crippen molar-refractivity contribution in [3.63, 3.8) is 0 Å². The van der Waals surface area contributed by atoms with E-state index < -0.39 is 16.9 Å². The number of hydrogen-bond acceptors (Lipinski definition) is 4. The minimum Gasteiger partial charge on any atom is -0.325 e. The highest BCUT2D eigenvalue weighted by Crippen LogP contribution is 2.68. The molecule has 0 saturated carbocycles. The summed E-state index contributed by atoms with van der Waals surface area (Å²) in [6.45, 7) is 2.62. The molecule has 6 nitrogen and oxygen atoms in total. The van der Waals surface area contributed by atoms with Gasteiger partial charge in [-0.25, -0.2) is 0 Å². The molecule has 0 unspecified atom stereocenters. The molecule has 4 aliphatic rings. The number of ketones is 1. The van der Waals surface area contributed by atoms with Crippen LogP contribution in [0.2, 0.25) is 0 Å². The highest BCUT2D eigenvalue weighted by molar-refractivity contribution is 6.21. The molecule has 7 rings (SSSR count). The smallest absolute Gasteiger partial charge is 0.251 e. The van der Waals surface area contributed by atoms with Gasteiger partial charge in [0.25, 0.3) is 5.91 Å². The molecule has 2 saturated heterocycles. The van der Waals surface area contributed by atoms with Crippen molar-refractivity contribution in [1.82, 2.24) is 4.90 Å². The molecule has 0 radical (unpaired) electrons. The number of Topliss-reactive ketones (excluding diaryl/α,β-unsaturated/α-hetero) is 1. The Morgan fingerprint density at radius 3 is 2.46 bits per heavy atom. The number of aryl methyl sites for hydroxylation is 1. The van der Waals surface area contributed by atoms with Gasteiger partial charge in [0.2, 0.25) is 5.91 Å². The van der Waals surface area contributed by atoms with Gasteiger partial charge in [0, 0.05) is 28.5 Å². The zero-order chi connectivity index (χ0) is 23.9. The predicted molar refractivity (Wildman–Crippen MR) is 132 cm³/mol. The van der Waals surface area contributed by atoms with Gasteiger partial charge in [0.15, 0.2) is 5.78 Å². The third kappa shape index (κ3) is 2.22. The summed E-state index contributed by atoms with van der Waals surface area (Å²) in [5.41, 5.74) is 1.79.